The highest BCUT2D eigenvalue weighted by Crippen LogP contribution is 2.28. The first kappa shape index (κ1) is 16.8. The van der Waals surface area contributed by atoms with Crippen molar-refractivity contribution in [3.8, 4) is 5.75 Å². The van der Waals surface area contributed by atoms with Crippen LogP contribution in [0.3, 0.4) is 0 Å². The maximum Gasteiger partial charge on any atom is 0.142 e. The van der Waals surface area contributed by atoms with E-state index in [-0.39, 0.29) is 0 Å². The second-order valence-corrected chi connectivity index (χ2v) is 6.60. The summed E-state index contributed by atoms with van der Waals surface area (Å²) in [6.45, 7) is 7.90. The molecule has 0 bridgehead atoms. The van der Waals surface area contributed by atoms with Crippen molar-refractivity contribution in [3.63, 3.8) is 0 Å². The fourth-order valence-corrected chi connectivity index (χ4v) is 3.43. The van der Waals surface area contributed by atoms with Gasteiger partial charge in [-0.15, -0.1) is 0 Å². The molecule has 3 rings (SSSR count). The van der Waals surface area contributed by atoms with Crippen LogP contribution in [0.5, 0.6) is 5.75 Å². The van der Waals surface area contributed by atoms with Gasteiger partial charge in [0.2, 0.25) is 0 Å². The van der Waals surface area contributed by atoms with Gasteiger partial charge in [0.05, 0.1) is 12.8 Å². The molecular formula is C21H28N2O. The average Bonchev–Trinajstić information content (AvgIpc) is 2.67. The Morgan fingerprint density at radius 3 is 2.29 bits per heavy atom. The van der Waals surface area contributed by atoms with Gasteiger partial charge in [-0.2, -0.15) is 0 Å². The third-order valence-corrected chi connectivity index (χ3v) is 5.05. The van der Waals surface area contributed by atoms with Crippen LogP contribution in [0, 0.1) is 0 Å². The van der Waals surface area contributed by atoms with Gasteiger partial charge in [-0.05, 0) is 36.6 Å². The molecule has 3 nitrogen and oxygen atoms in total. The van der Waals surface area contributed by atoms with Gasteiger partial charge in [0.15, 0.2) is 0 Å². The maximum atomic E-state index is 5.50. The number of ether oxygens (including phenoxy) is 1. The second kappa shape index (κ2) is 8.20. The van der Waals surface area contributed by atoms with E-state index in [0.29, 0.717) is 5.92 Å². The van der Waals surface area contributed by atoms with Crippen LogP contribution in [-0.4, -0.2) is 44.7 Å². The van der Waals surface area contributed by atoms with E-state index in [1.807, 2.05) is 12.1 Å². The minimum Gasteiger partial charge on any atom is -0.495 e. The molecule has 2 aromatic carbocycles. The number of piperazine rings is 1. The molecule has 24 heavy (non-hydrogen) atoms. The molecule has 1 atom stereocenters. The highest BCUT2D eigenvalue weighted by molar-refractivity contribution is 5.58. The number of benzene rings is 2. The standard InChI is InChI=1S/C21H28N2O/c1-18(19-8-4-3-5-9-19)12-13-22-14-16-23(17-15-22)20-10-6-7-11-21(20)24-2/h3-11,18H,12-17H2,1-2H3/t18-/m0/s1. The summed E-state index contributed by atoms with van der Waals surface area (Å²) in [4.78, 5) is 5.03. The highest BCUT2D eigenvalue weighted by Gasteiger charge is 2.19. The predicted molar refractivity (Wildman–Crippen MR) is 101 cm³/mol. The van der Waals surface area contributed by atoms with E-state index in [0.717, 1.165) is 31.9 Å². The molecule has 1 fully saturated rings. The first-order valence-electron chi connectivity index (χ1n) is 8.93. The van der Waals surface area contributed by atoms with Crippen molar-refractivity contribution in [2.24, 2.45) is 0 Å². The van der Waals surface area contributed by atoms with Crippen LogP contribution in [0.25, 0.3) is 0 Å². The average molecular weight is 324 g/mol. The van der Waals surface area contributed by atoms with Gasteiger partial charge in [-0.25, -0.2) is 0 Å². The van der Waals surface area contributed by atoms with Crippen molar-refractivity contribution >= 4 is 5.69 Å². The fourth-order valence-electron chi connectivity index (χ4n) is 3.43. The van der Waals surface area contributed by atoms with Crippen LogP contribution in [0.15, 0.2) is 54.6 Å². The first-order valence-corrected chi connectivity index (χ1v) is 8.93. The predicted octanol–water partition coefficient (Wildman–Crippen LogP) is 4.01. The molecule has 1 heterocycles. The molecule has 3 heteroatoms. The third-order valence-electron chi connectivity index (χ3n) is 5.05. The molecule has 0 N–H and O–H groups in total. The molecule has 128 valence electrons. The van der Waals surface area contributed by atoms with Crippen molar-refractivity contribution in [1.29, 1.82) is 0 Å². The van der Waals surface area contributed by atoms with Gasteiger partial charge in [0, 0.05) is 26.2 Å². The summed E-state index contributed by atoms with van der Waals surface area (Å²) in [5.41, 5.74) is 2.67. The summed E-state index contributed by atoms with van der Waals surface area (Å²) >= 11 is 0. The second-order valence-electron chi connectivity index (χ2n) is 6.60. The lowest BCUT2D eigenvalue weighted by Crippen LogP contribution is -2.46. The van der Waals surface area contributed by atoms with E-state index in [2.05, 4.69) is 59.2 Å². The molecular weight excluding hydrogens is 296 g/mol. The lowest BCUT2D eigenvalue weighted by atomic mass is 9.97. The molecule has 0 amide bonds. The topological polar surface area (TPSA) is 15.7 Å². The number of methoxy groups -OCH3 is 1. The van der Waals surface area contributed by atoms with E-state index in [9.17, 15) is 0 Å². The molecule has 2 aromatic rings. The van der Waals surface area contributed by atoms with E-state index >= 15 is 0 Å². The molecule has 0 unspecified atom stereocenters. The summed E-state index contributed by atoms with van der Waals surface area (Å²) < 4.78 is 5.50. The number of nitrogens with zero attached hydrogens (tertiary/aromatic N) is 2. The van der Waals surface area contributed by atoms with Crippen molar-refractivity contribution in [2.75, 3.05) is 44.7 Å². The summed E-state index contributed by atoms with van der Waals surface area (Å²) in [6, 6.07) is 19.2. The van der Waals surface area contributed by atoms with Crippen LogP contribution < -0.4 is 9.64 Å². The molecule has 0 saturated carbocycles. The lowest BCUT2D eigenvalue weighted by Gasteiger charge is -2.37. The van der Waals surface area contributed by atoms with Crippen LogP contribution in [0.2, 0.25) is 0 Å². The number of para-hydroxylation sites is 2. The monoisotopic (exact) mass is 324 g/mol. The fraction of sp³-hybridized carbons (Fsp3) is 0.429. The molecule has 0 spiro atoms. The van der Waals surface area contributed by atoms with Crippen molar-refractivity contribution in [2.45, 2.75) is 19.3 Å². The molecule has 1 saturated heterocycles. The van der Waals surface area contributed by atoms with E-state index < -0.39 is 0 Å². The van der Waals surface area contributed by atoms with Crippen LogP contribution >= 0.6 is 0 Å². The van der Waals surface area contributed by atoms with Gasteiger partial charge >= 0.3 is 0 Å². The van der Waals surface area contributed by atoms with Crippen molar-refractivity contribution in [1.82, 2.24) is 4.90 Å². The van der Waals surface area contributed by atoms with E-state index in [1.54, 1.807) is 7.11 Å². The zero-order valence-electron chi connectivity index (χ0n) is 14.8. The molecule has 1 aliphatic heterocycles. The van der Waals surface area contributed by atoms with E-state index in [4.69, 9.17) is 4.74 Å². The summed E-state index contributed by atoms with van der Waals surface area (Å²) in [5.74, 6) is 1.60. The quantitative estimate of drug-likeness (QED) is 0.798. The molecule has 0 aromatic heterocycles. The van der Waals surface area contributed by atoms with Gasteiger partial charge < -0.3 is 9.64 Å². The number of hydrogen-bond donors (Lipinski definition) is 0. The van der Waals surface area contributed by atoms with Gasteiger partial charge in [-0.3, -0.25) is 4.90 Å². The number of hydrogen-bond acceptors (Lipinski definition) is 3. The Bertz CT molecular complexity index is 621. The Balaban J connectivity index is 1.49. The lowest BCUT2D eigenvalue weighted by molar-refractivity contribution is 0.249. The Morgan fingerprint density at radius 2 is 1.58 bits per heavy atom. The Morgan fingerprint density at radius 1 is 0.917 bits per heavy atom. The summed E-state index contributed by atoms with van der Waals surface area (Å²) in [7, 11) is 1.75. The largest absolute Gasteiger partial charge is 0.495 e. The third kappa shape index (κ3) is 4.09. The number of rotatable bonds is 6. The van der Waals surface area contributed by atoms with Crippen molar-refractivity contribution < 1.29 is 4.74 Å². The summed E-state index contributed by atoms with van der Waals surface area (Å²) in [5, 5.41) is 0. The van der Waals surface area contributed by atoms with Crippen LogP contribution in [0.4, 0.5) is 5.69 Å². The minimum atomic E-state index is 0.624. The highest BCUT2D eigenvalue weighted by atomic mass is 16.5. The Labute approximate surface area is 145 Å². The first-order chi connectivity index (χ1) is 11.8. The van der Waals surface area contributed by atoms with Gasteiger partial charge in [-0.1, -0.05) is 49.4 Å². The zero-order valence-corrected chi connectivity index (χ0v) is 14.8. The van der Waals surface area contributed by atoms with Crippen molar-refractivity contribution in [3.05, 3.63) is 60.2 Å². The van der Waals surface area contributed by atoms with Gasteiger partial charge in [0.1, 0.15) is 5.75 Å². The Kier molecular flexibility index (Phi) is 5.76. The minimum absolute atomic E-state index is 0.624. The molecule has 0 radical (unpaired) electrons. The smallest absolute Gasteiger partial charge is 0.142 e. The van der Waals surface area contributed by atoms with Gasteiger partial charge in [0.25, 0.3) is 0 Å². The van der Waals surface area contributed by atoms with Crippen LogP contribution in [-0.2, 0) is 0 Å². The molecule has 0 aliphatic carbocycles. The zero-order chi connectivity index (χ0) is 16.8. The van der Waals surface area contributed by atoms with Crippen LogP contribution in [0.1, 0.15) is 24.8 Å². The molecule has 1 aliphatic rings. The van der Waals surface area contributed by atoms with E-state index in [1.165, 1.54) is 24.2 Å². The number of anilines is 1. The Hall–Kier alpha value is -2.00. The SMILES string of the molecule is COc1ccccc1N1CCN(CC[C@H](C)c2ccccc2)CC1. The maximum absolute atomic E-state index is 5.50. The summed E-state index contributed by atoms with van der Waals surface area (Å²) in [6.07, 6.45) is 1.22. The normalized spacial score (nSPS) is 16.8.